The predicted molar refractivity (Wildman–Crippen MR) is 99.3 cm³/mol. The van der Waals surface area contributed by atoms with Crippen molar-refractivity contribution in [3.63, 3.8) is 0 Å². The molecule has 26 heavy (non-hydrogen) atoms. The van der Waals surface area contributed by atoms with E-state index >= 15 is 0 Å². The summed E-state index contributed by atoms with van der Waals surface area (Å²) < 4.78 is 16.9. The molecule has 0 aliphatic carbocycles. The molecular weight excluding hydrogens is 332 g/mol. The Bertz CT molecular complexity index is 795. The van der Waals surface area contributed by atoms with Crippen molar-refractivity contribution in [2.24, 2.45) is 0 Å². The Balaban J connectivity index is 1.43. The van der Waals surface area contributed by atoms with Gasteiger partial charge in [0.2, 0.25) is 6.79 Å². The third-order valence-electron chi connectivity index (χ3n) is 4.83. The van der Waals surface area contributed by atoms with Gasteiger partial charge >= 0.3 is 0 Å². The summed E-state index contributed by atoms with van der Waals surface area (Å²) in [5, 5.41) is 10.2. The SMILES string of the molecule is CCN1C[C@H](CN(C)Cc2cc3c(cc2O)OCO3)Oc2ccccc21. The molecule has 2 aliphatic rings. The minimum atomic E-state index is 0.0750. The number of anilines is 1. The predicted octanol–water partition coefficient (Wildman–Crippen LogP) is 2.84. The molecular formula is C20H24N2O4. The maximum Gasteiger partial charge on any atom is 0.231 e. The second kappa shape index (κ2) is 6.96. The molecule has 0 amide bonds. The number of fused-ring (bicyclic) bond motifs is 2. The summed E-state index contributed by atoms with van der Waals surface area (Å²) in [5.41, 5.74) is 1.97. The number of likely N-dealkylation sites (N-methyl/N-ethyl adjacent to an activating group) is 2. The van der Waals surface area contributed by atoms with E-state index in [1.54, 1.807) is 6.07 Å². The summed E-state index contributed by atoms with van der Waals surface area (Å²) in [7, 11) is 2.03. The number of rotatable bonds is 5. The minimum absolute atomic E-state index is 0.0750. The Labute approximate surface area is 153 Å². The van der Waals surface area contributed by atoms with E-state index in [9.17, 15) is 5.11 Å². The Kier molecular flexibility index (Phi) is 4.51. The third-order valence-corrected chi connectivity index (χ3v) is 4.83. The van der Waals surface area contributed by atoms with Crippen LogP contribution in [-0.2, 0) is 6.54 Å². The van der Waals surface area contributed by atoms with Crippen LogP contribution < -0.4 is 19.1 Å². The van der Waals surface area contributed by atoms with Crippen molar-refractivity contribution in [2.75, 3.05) is 38.4 Å². The van der Waals surface area contributed by atoms with Crippen LogP contribution in [0.3, 0.4) is 0 Å². The summed E-state index contributed by atoms with van der Waals surface area (Å²) in [6, 6.07) is 11.6. The quantitative estimate of drug-likeness (QED) is 0.889. The summed E-state index contributed by atoms with van der Waals surface area (Å²) in [6.45, 7) is 5.53. The van der Waals surface area contributed by atoms with Gasteiger partial charge in [-0.15, -0.1) is 0 Å². The van der Waals surface area contributed by atoms with Crippen LogP contribution in [0.1, 0.15) is 12.5 Å². The molecule has 0 spiro atoms. The van der Waals surface area contributed by atoms with Crippen molar-refractivity contribution in [3.8, 4) is 23.0 Å². The van der Waals surface area contributed by atoms with Crippen LogP contribution >= 0.6 is 0 Å². The molecule has 2 aromatic carbocycles. The topological polar surface area (TPSA) is 54.4 Å². The second-order valence-corrected chi connectivity index (χ2v) is 6.78. The Morgan fingerprint density at radius 2 is 1.92 bits per heavy atom. The number of aromatic hydroxyl groups is 1. The number of phenols is 1. The van der Waals surface area contributed by atoms with Gasteiger partial charge < -0.3 is 24.2 Å². The van der Waals surface area contributed by atoms with Crippen molar-refractivity contribution in [1.29, 1.82) is 0 Å². The van der Waals surface area contributed by atoms with Crippen LogP contribution in [0, 0.1) is 0 Å². The molecule has 6 heteroatoms. The molecule has 6 nitrogen and oxygen atoms in total. The van der Waals surface area contributed by atoms with Crippen LogP contribution in [0.25, 0.3) is 0 Å². The third kappa shape index (κ3) is 3.24. The highest BCUT2D eigenvalue weighted by molar-refractivity contribution is 5.60. The standard InChI is InChI=1S/C20H24N2O4/c1-3-22-12-15(26-18-7-5-4-6-16(18)22)11-21(2)10-14-8-19-20(9-17(14)23)25-13-24-19/h4-9,15,23H,3,10-13H2,1-2H3/t15-/m0/s1. The fraction of sp³-hybridized carbons (Fsp3) is 0.400. The highest BCUT2D eigenvalue weighted by Crippen LogP contribution is 2.38. The van der Waals surface area contributed by atoms with Gasteiger partial charge in [-0.1, -0.05) is 12.1 Å². The number of nitrogens with zero attached hydrogens (tertiary/aromatic N) is 2. The van der Waals surface area contributed by atoms with Crippen LogP contribution in [0.4, 0.5) is 5.69 Å². The first kappa shape index (κ1) is 16.8. The lowest BCUT2D eigenvalue weighted by molar-refractivity contribution is 0.139. The average molecular weight is 356 g/mol. The average Bonchev–Trinajstić information content (AvgIpc) is 3.08. The zero-order valence-electron chi connectivity index (χ0n) is 15.1. The lowest BCUT2D eigenvalue weighted by Gasteiger charge is -2.37. The van der Waals surface area contributed by atoms with E-state index < -0.39 is 0 Å². The molecule has 0 unspecified atom stereocenters. The van der Waals surface area contributed by atoms with Gasteiger partial charge in [-0.25, -0.2) is 0 Å². The van der Waals surface area contributed by atoms with E-state index in [4.69, 9.17) is 14.2 Å². The Morgan fingerprint density at radius 1 is 1.15 bits per heavy atom. The second-order valence-electron chi connectivity index (χ2n) is 6.78. The molecule has 138 valence electrons. The highest BCUT2D eigenvalue weighted by Gasteiger charge is 2.26. The molecule has 0 saturated carbocycles. The smallest absolute Gasteiger partial charge is 0.231 e. The van der Waals surface area contributed by atoms with Gasteiger partial charge in [0.15, 0.2) is 11.5 Å². The molecule has 0 saturated heterocycles. The molecule has 2 aliphatic heterocycles. The van der Waals surface area contributed by atoms with Crippen LogP contribution in [0.15, 0.2) is 36.4 Å². The van der Waals surface area contributed by atoms with Crippen molar-refractivity contribution in [3.05, 3.63) is 42.0 Å². The summed E-state index contributed by atoms with van der Waals surface area (Å²) >= 11 is 0. The largest absolute Gasteiger partial charge is 0.507 e. The van der Waals surface area contributed by atoms with E-state index in [1.165, 1.54) is 0 Å². The van der Waals surface area contributed by atoms with Gasteiger partial charge in [0.25, 0.3) is 0 Å². The molecule has 1 N–H and O–H groups in total. The van der Waals surface area contributed by atoms with Crippen LogP contribution in [0.2, 0.25) is 0 Å². The fourth-order valence-electron chi connectivity index (χ4n) is 3.58. The number of ether oxygens (including phenoxy) is 3. The van der Waals surface area contributed by atoms with Crippen molar-refractivity contribution in [2.45, 2.75) is 19.6 Å². The van der Waals surface area contributed by atoms with Crippen LogP contribution in [-0.4, -0.2) is 49.6 Å². The zero-order valence-corrected chi connectivity index (χ0v) is 15.1. The van der Waals surface area contributed by atoms with Gasteiger partial charge in [-0.05, 0) is 32.2 Å². The molecule has 0 fully saturated rings. The first-order chi connectivity index (χ1) is 12.6. The number of hydrogen-bond acceptors (Lipinski definition) is 6. The van der Waals surface area contributed by atoms with E-state index in [2.05, 4.69) is 22.8 Å². The van der Waals surface area contributed by atoms with Gasteiger partial charge in [0.1, 0.15) is 17.6 Å². The maximum absolute atomic E-state index is 10.2. The first-order valence-corrected chi connectivity index (χ1v) is 8.94. The highest BCUT2D eigenvalue weighted by atomic mass is 16.7. The number of benzene rings is 2. The van der Waals surface area contributed by atoms with Crippen molar-refractivity contribution < 1.29 is 19.3 Å². The van der Waals surface area contributed by atoms with Gasteiger partial charge in [-0.3, -0.25) is 4.90 Å². The van der Waals surface area contributed by atoms with E-state index in [-0.39, 0.29) is 18.6 Å². The first-order valence-electron chi connectivity index (χ1n) is 8.94. The number of para-hydroxylation sites is 2. The lowest BCUT2D eigenvalue weighted by atomic mass is 10.1. The number of phenolic OH excluding ortho intramolecular Hbond substituents is 1. The summed E-state index contributed by atoms with van der Waals surface area (Å²) in [4.78, 5) is 4.50. The minimum Gasteiger partial charge on any atom is -0.507 e. The molecule has 0 bridgehead atoms. The van der Waals surface area contributed by atoms with E-state index in [1.807, 2.05) is 31.3 Å². The van der Waals surface area contributed by atoms with Gasteiger partial charge in [0, 0.05) is 31.3 Å². The molecule has 4 rings (SSSR count). The summed E-state index contributed by atoms with van der Waals surface area (Å²) in [5.74, 6) is 2.45. The van der Waals surface area contributed by atoms with Gasteiger partial charge in [0.05, 0.1) is 12.2 Å². The number of hydrogen-bond donors (Lipinski definition) is 1. The van der Waals surface area contributed by atoms with Crippen molar-refractivity contribution >= 4 is 5.69 Å². The Morgan fingerprint density at radius 3 is 2.73 bits per heavy atom. The molecule has 0 aromatic heterocycles. The summed E-state index contributed by atoms with van der Waals surface area (Å²) in [6.07, 6.45) is 0.0750. The lowest BCUT2D eigenvalue weighted by Crippen LogP contribution is -2.45. The normalized spacial score (nSPS) is 18.0. The molecule has 1 atom stereocenters. The molecule has 2 aromatic rings. The van der Waals surface area contributed by atoms with E-state index in [0.29, 0.717) is 18.0 Å². The molecule has 0 radical (unpaired) electrons. The van der Waals surface area contributed by atoms with Gasteiger partial charge in [-0.2, -0.15) is 0 Å². The van der Waals surface area contributed by atoms with Crippen LogP contribution in [0.5, 0.6) is 23.0 Å². The monoisotopic (exact) mass is 356 g/mol. The fourth-order valence-corrected chi connectivity index (χ4v) is 3.58. The Hall–Kier alpha value is -2.60. The van der Waals surface area contributed by atoms with E-state index in [0.717, 1.165) is 36.6 Å². The molecule has 2 heterocycles. The zero-order chi connectivity index (χ0) is 18.1. The van der Waals surface area contributed by atoms with Crippen molar-refractivity contribution in [1.82, 2.24) is 4.90 Å². The maximum atomic E-state index is 10.2.